The number of ether oxygens (including phenoxy) is 1. The molecule has 0 aromatic heterocycles. The summed E-state index contributed by atoms with van der Waals surface area (Å²) in [5, 5.41) is 9.98. The SMILES string of the molecule is COC1(O)C(C(C)C)C1C(C)C. The smallest absolute Gasteiger partial charge is 0.172 e. The maximum absolute atomic E-state index is 9.98. The first-order chi connectivity index (χ1) is 5.45. The molecule has 1 N–H and O–H groups in total. The van der Waals surface area contributed by atoms with Crippen molar-refractivity contribution in [3.63, 3.8) is 0 Å². The minimum atomic E-state index is -0.831. The maximum Gasteiger partial charge on any atom is 0.172 e. The number of methoxy groups -OCH3 is 1. The Hall–Kier alpha value is -0.0800. The molecule has 2 nitrogen and oxygen atoms in total. The predicted molar refractivity (Wildman–Crippen MR) is 48.6 cm³/mol. The van der Waals surface area contributed by atoms with Crippen LogP contribution in [0.1, 0.15) is 27.7 Å². The van der Waals surface area contributed by atoms with Crippen molar-refractivity contribution >= 4 is 0 Å². The standard InChI is InChI=1S/C10H20O2/c1-6(2)8-9(7(3)4)10(8,11)12-5/h6-9,11H,1-5H3. The molecule has 0 heterocycles. The van der Waals surface area contributed by atoms with E-state index in [2.05, 4.69) is 27.7 Å². The molecule has 0 amide bonds. The third-order valence-corrected chi connectivity index (χ3v) is 3.00. The second-order valence-electron chi connectivity index (χ2n) is 4.50. The number of hydrogen-bond donors (Lipinski definition) is 1. The van der Waals surface area contributed by atoms with E-state index in [1.165, 1.54) is 0 Å². The van der Waals surface area contributed by atoms with Crippen LogP contribution in [-0.2, 0) is 4.74 Å². The molecule has 1 aliphatic rings. The van der Waals surface area contributed by atoms with E-state index < -0.39 is 5.79 Å². The van der Waals surface area contributed by atoms with Gasteiger partial charge in [0.05, 0.1) is 0 Å². The lowest BCUT2D eigenvalue weighted by Gasteiger charge is -2.10. The molecule has 0 aromatic rings. The largest absolute Gasteiger partial charge is 0.365 e. The third-order valence-electron chi connectivity index (χ3n) is 3.00. The van der Waals surface area contributed by atoms with Crippen LogP contribution in [0.3, 0.4) is 0 Å². The van der Waals surface area contributed by atoms with Crippen LogP contribution < -0.4 is 0 Å². The van der Waals surface area contributed by atoms with Gasteiger partial charge in [0.1, 0.15) is 0 Å². The van der Waals surface area contributed by atoms with Crippen molar-refractivity contribution in [3.05, 3.63) is 0 Å². The van der Waals surface area contributed by atoms with Crippen LogP contribution >= 0.6 is 0 Å². The Morgan fingerprint density at radius 2 is 1.42 bits per heavy atom. The third kappa shape index (κ3) is 1.27. The van der Waals surface area contributed by atoms with Gasteiger partial charge < -0.3 is 9.84 Å². The molecule has 2 atom stereocenters. The first kappa shape index (κ1) is 10.0. The molecule has 72 valence electrons. The van der Waals surface area contributed by atoms with Gasteiger partial charge in [-0.1, -0.05) is 27.7 Å². The zero-order valence-electron chi connectivity index (χ0n) is 8.66. The van der Waals surface area contributed by atoms with Crippen molar-refractivity contribution in [2.45, 2.75) is 33.5 Å². The van der Waals surface area contributed by atoms with Gasteiger partial charge in [-0.15, -0.1) is 0 Å². The lowest BCUT2D eigenvalue weighted by molar-refractivity contribution is -0.130. The van der Waals surface area contributed by atoms with E-state index in [1.54, 1.807) is 7.11 Å². The van der Waals surface area contributed by atoms with E-state index in [-0.39, 0.29) is 0 Å². The highest BCUT2D eigenvalue weighted by molar-refractivity contribution is 5.07. The monoisotopic (exact) mass is 172 g/mol. The second-order valence-corrected chi connectivity index (χ2v) is 4.50. The van der Waals surface area contributed by atoms with E-state index in [0.29, 0.717) is 23.7 Å². The zero-order valence-corrected chi connectivity index (χ0v) is 8.66. The minimum absolute atomic E-state index is 0.322. The molecule has 1 fully saturated rings. The van der Waals surface area contributed by atoms with Crippen LogP contribution in [0.4, 0.5) is 0 Å². The average Bonchev–Trinajstić information content (AvgIpc) is 2.58. The Kier molecular flexibility index (Phi) is 2.50. The molecule has 1 aliphatic carbocycles. The number of hydrogen-bond acceptors (Lipinski definition) is 2. The minimum Gasteiger partial charge on any atom is -0.365 e. The summed E-state index contributed by atoms with van der Waals surface area (Å²) in [4.78, 5) is 0. The van der Waals surface area contributed by atoms with Gasteiger partial charge in [-0.3, -0.25) is 0 Å². The van der Waals surface area contributed by atoms with Crippen molar-refractivity contribution in [1.82, 2.24) is 0 Å². The molecular formula is C10H20O2. The molecule has 0 spiro atoms. The summed E-state index contributed by atoms with van der Waals surface area (Å²) >= 11 is 0. The fourth-order valence-corrected chi connectivity index (χ4v) is 2.46. The quantitative estimate of drug-likeness (QED) is 0.659. The number of aliphatic hydroxyl groups is 1. The van der Waals surface area contributed by atoms with Gasteiger partial charge in [-0.05, 0) is 11.8 Å². The van der Waals surface area contributed by atoms with Gasteiger partial charge in [-0.25, -0.2) is 0 Å². The van der Waals surface area contributed by atoms with Crippen molar-refractivity contribution in [2.24, 2.45) is 23.7 Å². The predicted octanol–water partition coefficient (Wildman–Crippen LogP) is 1.88. The molecule has 2 heteroatoms. The Morgan fingerprint density at radius 1 is 1.08 bits per heavy atom. The van der Waals surface area contributed by atoms with Gasteiger partial charge in [0.2, 0.25) is 0 Å². The first-order valence-corrected chi connectivity index (χ1v) is 4.72. The summed E-state index contributed by atoms with van der Waals surface area (Å²) in [5.41, 5.74) is 0. The van der Waals surface area contributed by atoms with E-state index in [1.807, 2.05) is 0 Å². The summed E-state index contributed by atoms with van der Waals surface area (Å²) in [6.07, 6.45) is 0. The van der Waals surface area contributed by atoms with E-state index in [4.69, 9.17) is 4.74 Å². The van der Waals surface area contributed by atoms with Gasteiger partial charge in [0.25, 0.3) is 0 Å². The van der Waals surface area contributed by atoms with E-state index in [0.717, 1.165) is 0 Å². The molecular weight excluding hydrogens is 152 g/mol. The van der Waals surface area contributed by atoms with E-state index in [9.17, 15) is 5.11 Å². The lowest BCUT2D eigenvalue weighted by atomic mass is 10.0. The molecule has 1 saturated carbocycles. The van der Waals surface area contributed by atoms with Gasteiger partial charge in [-0.2, -0.15) is 0 Å². The highest BCUT2D eigenvalue weighted by Crippen LogP contribution is 2.58. The van der Waals surface area contributed by atoms with Crippen LogP contribution in [-0.4, -0.2) is 18.0 Å². The highest BCUT2D eigenvalue weighted by Gasteiger charge is 2.66. The normalized spacial score (nSPS) is 41.0. The number of rotatable bonds is 3. The fourth-order valence-electron chi connectivity index (χ4n) is 2.46. The van der Waals surface area contributed by atoms with Crippen LogP contribution in [0.25, 0.3) is 0 Å². The van der Waals surface area contributed by atoms with Crippen molar-refractivity contribution in [3.8, 4) is 0 Å². The van der Waals surface area contributed by atoms with Crippen LogP contribution in [0.2, 0.25) is 0 Å². The zero-order chi connectivity index (χ0) is 9.52. The summed E-state index contributed by atoms with van der Waals surface area (Å²) in [7, 11) is 1.60. The molecule has 0 aromatic carbocycles. The Bertz CT molecular complexity index is 149. The molecule has 0 radical (unpaired) electrons. The van der Waals surface area contributed by atoms with Crippen LogP contribution in [0, 0.1) is 23.7 Å². The highest BCUT2D eigenvalue weighted by atomic mass is 16.6. The summed E-state index contributed by atoms with van der Waals surface area (Å²) in [6.45, 7) is 8.54. The van der Waals surface area contributed by atoms with E-state index >= 15 is 0 Å². The first-order valence-electron chi connectivity index (χ1n) is 4.72. The molecule has 0 saturated heterocycles. The maximum atomic E-state index is 9.98. The fraction of sp³-hybridized carbons (Fsp3) is 1.00. The van der Waals surface area contributed by atoms with Crippen LogP contribution in [0.5, 0.6) is 0 Å². The Labute approximate surface area is 74.9 Å². The topological polar surface area (TPSA) is 29.5 Å². The Morgan fingerprint density at radius 3 is 1.50 bits per heavy atom. The molecule has 2 unspecified atom stereocenters. The summed E-state index contributed by atoms with van der Waals surface area (Å²) in [5.74, 6) is 0.817. The van der Waals surface area contributed by atoms with Crippen LogP contribution in [0.15, 0.2) is 0 Å². The van der Waals surface area contributed by atoms with Crippen molar-refractivity contribution in [1.29, 1.82) is 0 Å². The lowest BCUT2D eigenvalue weighted by Crippen LogP contribution is -2.18. The van der Waals surface area contributed by atoms with Crippen molar-refractivity contribution < 1.29 is 9.84 Å². The molecule has 0 aliphatic heterocycles. The molecule has 1 rings (SSSR count). The van der Waals surface area contributed by atoms with Gasteiger partial charge >= 0.3 is 0 Å². The summed E-state index contributed by atoms with van der Waals surface area (Å²) < 4.78 is 5.15. The average molecular weight is 172 g/mol. The van der Waals surface area contributed by atoms with Gasteiger partial charge in [0.15, 0.2) is 5.79 Å². The molecule has 0 bridgehead atoms. The second kappa shape index (κ2) is 3.00. The van der Waals surface area contributed by atoms with Crippen molar-refractivity contribution in [2.75, 3.05) is 7.11 Å². The van der Waals surface area contributed by atoms with Gasteiger partial charge in [0, 0.05) is 18.9 Å². The Balaban J connectivity index is 2.67. The molecule has 12 heavy (non-hydrogen) atoms. The summed E-state index contributed by atoms with van der Waals surface area (Å²) in [6, 6.07) is 0.